The number of rotatable bonds is 5. The van der Waals surface area contributed by atoms with E-state index in [0.29, 0.717) is 6.04 Å². The number of methoxy groups -OCH3 is 1. The van der Waals surface area contributed by atoms with Crippen LogP contribution in [0, 0.1) is 19.8 Å². The lowest BCUT2D eigenvalue weighted by Gasteiger charge is -2.28. The first kappa shape index (κ1) is 14.7. The minimum Gasteiger partial charge on any atom is -0.496 e. The number of thioether (sulfide) groups is 1. The molecule has 0 aromatic heterocycles. The number of ether oxygens (including phenoxy) is 1. The molecule has 2 nitrogen and oxygen atoms in total. The van der Waals surface area contributed by atoms with Crippen LogP contribution in [0.4, 0.5) is 0 Å². The fourth-order valence-corrected chi connectivity index (χ4v) is 4.35. The van der Waals surface area contributed by atoms with Crippen LogP contribution in [0.5, 0.6) is 5.75 Å². The lowest BCUT2D eigenvalue weighted by Crippen LogP contribution is -2.29. The third-order valence-electron chi connectivity index (χ3n) is 3.88. The van der Waals surface area contributed by atoms with Gasteiger partial charge in [-0.15, -0.1) is 0 Å². The van der Waals surface area contributed by atoms with Crippen molar-refractivity contribution >= 4 is 11.8 Å². The van der Waals surface area contributed by atoms with Crippen molar-refractivity contribution in [2.45, 2.75) is 33.2 Å². The lowest BCUT2D eigenvalue weighted by molar-refractivity contribution is 0.363. The van der Waals surface area contributed by atoms with Gasteiger partial charge in [-0.05, 0) is 61.4 Å². The molecule has 1 N–H and O–H groups in total. The van der Waals surface area contributed by atoms with Crippen molar-refractivity contribution in [3.05, 3.63) is 28.8 Å². The van der Waals surface area contributed by atoms with Crippen LogP contribution in [-0.2, 0) is 0 Å². The number of hydrogen-bond acceptors (Lipinski definition) is 3. The maximum atomic E-state index is 5.65. The summed E-state index contributed by atoms with van der Waals surface area (Å²) in [7, 11) is 1.78. The first-order valence-corrected chi connectivity index (χ1v) is 8.29. The van der Waals surface area contributed by atoms with Gasteiger partial charge in [0.2, 0.25) is 0 Å². The van der Waals surface area contributed by atoms with Crippen LogP contribution in [0.3, 0.4) is 0 Å². The zero-order valence-electron chi connectivity index (χ0n) is 12.5. The van der Waals surface area contributed by atoms with Gasteiger partial charge in [0.1, 0.15) is 5.75 Å². The van der Waals surface area contributed by atoms with Crippen LogP contribution in [0.15, 0.2) is 12.1 Å². The van der Waals surface area contributed by atoms with Crippen LogP contribution in [0.2, 0.25) is 0 Å². The van der Waals surface area contributed by atoms with Crippen molar-refractivity contribution in [3.63, 3.8) is 0 Å². The highest BCUT2D eigenvalue weighted by Crippen LogP contribution is 2.39. The largest absolute Gasteiger partial charge is 0.496 e. The Bertz CT molecular complexity index is 427. The van der Waals surface area contributed by atoms with Gasteiger partial charge in [-0.3, -0.25) is 0 Å². The minimum atomic E-state index is 0.426. The van der Waals surface area contributed by atoms with Crippen molar-refractivity contribution in [1.29, 1.82) is 0 Å². The Kier molecular flexibility index (Phi) is 5.17. The molecule has 2 rings (SSSR count). The smallest absolute Gasteiger partial charge is 0.124 e. The van der Waals surface area contributed by atoms with E-state index in [1.54, 1.807) is 7.11 Å². The van der Waals surface area contributed by atoms with Gasteiger partial charge < -0.3 is 10.1 Å². The van der Waals surface area contributed by atoms with Gasteiger partial charge in [0.15, 0.2) is 0 Å². The summed E-state index contributed by atoms with van der Waals surface area (Å²) in [5, 5.41) is 3.68. The van der Waals surface area contributed by atoms with Crippen LogP contribution in [0.1, 0.15) is 36.1 Å². The third kappa shape index (κ3) is 3.26. The van der Waals surface area contributed by atoms with Gasteiger partial charge in [-0.1, -0.05) is 13.0 Å². The number of nitrogens with one attached hydrogen (secondary N) is 1. The Morgan fingerprint density at radius 3 is 2.79 bits per heavy atom. The molecular formula is C16H25NOS. The minimum absolute atomic E-state index is 0.426. The average Bonchev–Trinajstić information content (AvgIpc) is 2.89. The van der Waals surface area contributed by atoms with Crippen molar-refractivity contribution in [1.82, 2.24) is 5.32 Å². The summed E-state index contributed by atoms with van der Waals surface area (Å²) in [5.41, 5.74) is 3.98. The molecule has 2 atom stereocenters. The highest BCUT2D eigenvalue weighted by atomic mass is 32.2. The highest BCUT2D eigenvalue weighted by Gasteiger charge is 2.29. The highest BCUT2D eigenvalue weighted by molar-refractivity contribution is 7.99. The summed E-state index contributed by atoms with van der Waals surface area (Å²) >= 11 is 2.07. The molecule has 1 aliphatic rings. The van der Waals surface area contributed by atoms with Crippen LogP contribution in [0.25, 0.3) is 0 Å². The molecule has 1 aromatic rings. The molecule has 0 radical (unpaired) electrons. The van der Waals surface area contributed by atoms with E-state index < -0.39 is 0 Å². The van der Waals surface area contributed by atoms with E-state index >= 15 is 0 Å². The topological polar surface area (TPSA) is 21.3 Å². The van der Waals surface area contributed by atoms with Gasteiger partial charge in [0, 0.05) is 11.6 Å². The Labute approximate surface area is 121 Å². The standard InChI is InChI=1S/C16H25NOS/c1-5-17-16(13-6-7-19-10-13)15-12(3)8-11(2)9-14(15)18-4/h8-9,13,16-17H,5-7,10H2,1-4H3. The zero-order valence-corrected chi connectivity index (χ0v) is 13.3. The molecule has 0 saturated carbocycles. The van der Waals surface area contributed by atoms with E-state index in [-0.39, 0.29) is 0 Å². The van der Waals surface area contributed by atoms with E-state index in [1.807, 2.05) is 0 Å². The van der Waals surface area contributed by atoms with Gasteiger partial charge in [-0.2, -0.15) is 11.8 Å². The number of hydrogen-bond donors (Lipinski definition) is 1. The third-order valence-corrected chi connectivity index (χ3v) is 5.07. The van der Waals surface area contributed by atoms with Crippen LogP contribution >= 0.6 is 11.8 Å². The Morgan fingerprint density at radius 1 is 1.42 bits per heavy atom. The fourth-order valence-electron chi connectivity index (χ4n) is 3.05. The molecule has 19 heavy (non-hydrogen) atoms. The summed E-state index contributed by atoms with van der Waals surface area (Å²) in [5.74, 6) is 4.31. The van der Waals surface area contributed by atoms with E-state index in [2.05, 4.69) is 50.0 Å². The van der Waals surface area contributed by atoms with Crippen LogP contribution in [-0.4, -0.2) is 25.2 Å². The monoisotopic (exact) mass is 279 g/mol. The summed E-state index contributed by atoms with van der Waals surface area (Å²) in [6, 6.07) is 4.86. The van der Waals surface area contributed by atoms with Gasteiger partial charge >= 0.3 is 0 Å². The van der Waals surface area contributed by atoms with Crippen molar-refractivity contribution in [3.8, 4) is 5.75 Å². The fraction of sp³-hybridized carbons (Fsp3) is 0.625. The average molecular weight is 279 g/mol. The van der Waals surface area contributed by atoms with E-state index in [0.717, 1.165) is 18.2 Å². The maximum absolute atomic E-state index is 5.65. The molecule has 1 aliphatic heterocycles. The maximum Gasteiger partial charge on any atom is 0.124 e. The summed E-state index contributed by atoms with van der Waals surface area (Å²) in [6.07, 6.45) is 1.30. The quantitative estimate of drug-likeness (QED) is 0.887. The summed E-state index contributed by atoms with van der Waals surface area (Å²) in [4.78, 5) is 0. The second-order valence-corrected chi connectivity index (χ2v) is 6.51. The Hall–Kier alpha value is -0.670. The Balaban J connectivity index is 2.39. The molecule has 3 heteroatoms. The molecule has 1 aromatic carbocycles. The molecule has 0 bridgehead atoms. The molecule has 0 amide bonds. The molecular weight excluding hydrogens is 254 g/mol. The summed E-state index contributed by atoms with van der Waals surface area (Å²) in [6.45, 7) is 7.53. The molecule has 2 unspecified atom stereocenters. The molecule has 1 saturated heterocycles. The molecule has 1 heterocycles. The number of aryl methyl sites for hydroxylation is 2. The normalized spacial score (nSPS) is 20.5. The predicted molar refractivity (Wildman–Crippen MR) is 84.3 cm³/mol. The molecule has 0 spiro atoms. The molecule has 106 valence electrons. The first-order valence-electron chi connectivity index (χ1n) is 7.13. The van der Waals surface area contributed by atoms with Gasteiger partial charge in [-0.25, -0.2) is 0 Å². The second-order valence-electron chi connectivity index (χ2n) is 5.36. The predicted octanol–water partition coefficient (Wildman–Crippen LogP) is 3.72. The molecule has 1 fully saturated rings. The zero-order chi connectivity index (χ0) is 13.8. The van der Waals surface area contributed by atoms with Gasteiger partial charge in [0.25, 0.3) is 0 Å². The van der Waals surface area contributed by atoms with Crippen molar-refractivity contribution < 1.29 is 4.74 Å². The Morgan fingerprint density at radius 2 is 2.21 bits per heavy atom. The lowest BCUT2D eigenvalue weighted by atomic mass is 9.88. The van der Waals surface area contributed by atoms with Gasteiger partial charge in [0.05, 0.1) is 7.11 Å². The SMILES string of the molecule is CCNC(c1c(C)cc(C)cc1OC)C1CCSC1. The first-order chi connectivity index (χ1) is 9.17. The van der Waals surface area contributed by atoms with Crippen LogP contribution < -0.4 is 10.1 Å². The molecule has 0 aliphatic carbocycles. The second kappa shape index (κ2) is 6.67. The van der Waals surface area contributed by atoms with E-state index in [1.165, 1.54) is 34.6 Å². The van der Waals surface area contributed by atoms with Crippen molar-refractivity contribution in [2.75, 3.05) is 25.2 Å². The van der Waals surface area contributed by atoms with E-state index in [9.17, 15) is 0 Å². The van der Waals surface area contributed by atoms with Crippen molar-refractivity contribution in [2.24, 2.45) is 5.92 Å². The summed E-state index contributed by atoms with van der Waals surface area (Å²) < 4.78 is 5.65. The van der Waals surface area contributed by atoms with E-state index in [4.69, 9.17) is 4.74 Å². The number of benzene rings is 1.